The molecule has 1 fully saturated rings. The van der Waals surface area contributed by atoms with Crippen LogP contribution in [0.15, 0.2) is 24.3 Å². The molecule has 1 saturated heterocycles. The first-order chi connectivity index (χ1) is 13.2. The first kappa shape index (κ1) is 19.7. The van der Waals surface area contributed by atoms with Gasteiger partial charge in [0.2, 0.25) is 5.91 Å². The molecule has 3 rings (SSSR count). The van der Waals surface area contributed by atoms with Crippen LogP contribution in [-0.4, -0.2) is 68.6 Å². The van der Waals surface area contributed by atoms with Crippen molar-refractivity contribution in [2.24, 2.45) is 0 Å². The van der Waals surface area contributed by atoms with E-state index in [-0.39, 0.29) is 5.91 Å². The zero-order valence-electron chi connectivity index (χ0n) is 15.6. The molecule has 0 unspecified atom stereocenters. The number of nitrogens with zero attached hydrogens (tertiary/aromatic N) is 6. The number of unbranched alkanes of at least 4 members (excludes halogenated alkanes) is 1. The fourth-order valence-electron chi connectivity index (χ4n) is 3.08. The fraction of sp³-hybridized carbons (Fsp3) is 0.556. The van der Waals surface area contributed by atoms with Gasteiger partial charge in [0.05, 0.1) is 23.8 Å². The molecule has 1 N–H and O–H groups in total. The summed E-state index contributed by atoms with van der Waals surface area (Å²) in [6.07, 6.45) is 2.20. The van der Waals surface area contributed by atoms with Crippen molar-refractivity contribution in [2.75, 3.05) is 38.0 Å². The quantitative estimate of drug-likeness (QED) is 0.740. The van der Waals surface area contributed by atoms with Gasteiger partial charge in [-0.1, -0.05) is 37.1 Å². The van der Waals surface area contributed by atoms with Crippen LogP contribution in [0.5, 0.6) is 0 Å². The maximum absolute atomic E-state index is 12.3. The normalized spacial score (nSPS) is 15.8. The van der Waals surface area contributed by atoms with E-state index in [1.807, 2.05) is 16.8 Å². The Morgan fingerprint density at radius 2 is 1.93 bits per heavy atom. The molecule has 1 aliphatic heterocycles. The second-order valence-electron chi connectivity index (χ2n) is 6.75. The van der Waals surface area contributed by atoms with Crippen LogP contribution in [0, 0.1) is 0 Å². The highest BCUT2D eigenvalue weighted by atomic mass is 35.5. The third kappa shape index (κ3) is 5.72. The zero-order chi connectivity index (χ0) is 19.1. The van der Waals surface area contributed by atoms with Crippen LogP contribution in [-0.2, 0) is 17.9 Å². The van der Waals surface area contributed by atoms with E-state index < -0.39 is 0 Å². The number of hydrogen-bond acceptors (Lipinski definition) is 6. The molecule has 2 heterocycles. The summed E-state index contributed by atoms with van der Waals surface area (Å²) in [6, 6.07) is 7.27. The summed E-state index contributed by atoms with van der Waals surface area (Å²) in [6.45, 7) is 7.59. The Balaban J connectivity index is 1.43. The lowest BCUT2D eigenvalue weighted by molar-refractivity contribution is -0.117. The standard InChI is InChI=1S/C18H26ClN7O/c1-2-3-8-26-17(21-22-23-26)13-24-9-11-25(12-10-24)14-18(27)20-16-7-5-4-6-15(16)19/h4-7H,2-3,8-14H2,1H3,(H,20,27). The largest absolute Gasteiger partial charge is 0.324 e. The van der Waals surface area contributed by atoms with Crippen molar-refractivity contribution < 1.29 is 4.79 Å². The zero-order valence-corrected chi connectivity index (χ0v) is 16.4. The average molecular weight is 392 g/mol. The Kier molecular flexibility index (Phi) is 7.14. The smallest absolute Gasteiger partial charge is 0.238 e. The Morgan fingerprint density at radius 1 is 1.19 bits per heavy atom. The highest BCUT2D eigenvalue weighted by molar-refractivity contribution is 6.33. The average Bonchev–Trinajstić information content (AvgIpc) is 3.10. The number of carbonyl (C=O) groups excluding carboxylic acids is 1. The van der Waals surface area contributed by atoms with Gasteiger partial charge >= 0.3 is 0 Å². The minimum Gasteiger partial charge on any atom is -0.324 e. The lowest BCUT2D eigenvalue weighted by atomic mass is 10.3. The third-order valence-corrected chi connectivity index (χ3v) is 5.00. The van der Waals surface area contributed by atoms with Crippen LogP contribution >= 0.6 is 11.6 Å². The number of amides is 1. The number of piperazine rings is 1. The lowest BCUT2D eigenvalue weighted by Crippen LogP contribution is -2.48. The molecule has 1 amide bonds. The SMILES string of the molecule is CCCCn1nnnc1CN1CCN(CC(=O)Nc2ccccc2Cl)CC1. The van der Waals surface area contributed by atoms with Gasteiger partial charge in [0.15, 0.2) is 5.82 Å². The van der Waals surface area contributed by atoms with Crippen molar-refractivity contribution in [3.63, 3.8) is 0 Å². The van der Waals surface area contributed by atoms with Gasteiger partial charge in [-0.3, -0.25) is 14.6 Å². The summed E-state index contributed by atoms with van der Waals surface area (Å²) >= 11 is 6.09. The number of rotatable bonds is 8. The van der Waals surface area contributed by atoms with Crippen LogP contribution in [0.4, 0.5) is 5.69 Å². The molecule has 8 nitrogen and oxygen atoms in total. The van der Waals surface area contributed by atoms with Gasteiger partial charge in [0.1, 0.15) is 0 Å². The predicted molar refractivity (Wildman–Crippen MR) is 105 cm³/mol. The predicted octanol–water partition coefficient (Wildman–Crippen LogP) is 1.88. The number of hydrogen-bond donors (Lipinski definition) is 1. The van der Waals surface area contributed by atoms with E-state index in [1.54, 1.807) is 12.1 Å². The Labute approximate surface area is 164 Å². The van der Waals surface area contributed by atoms with Gasteiger partial charge in [-0.15, -0.1) is 5.10 Å². The molecule has 0 bridgehead atoms. The summed E-state index contributed by atoms with van der Waals surface area (Å²) in [5.74, 6) is 0.869. The van der Waals surface area contributed by atoms with E-state index in [2.05, 4.69) is 37.6 Å². The van der Waals surface area contributed by atoms with E-state index >= 15 is 0 Å². The van der Waals surface area contributed by atoms with Crippen molar-refractivity contribution in [3.8, 4) is 0 Å². The van der Waals surface area contributed by atoms with Crippen molar-refractivity contribution in [1.29, 1.82) is 0 Å². The monoisotopic (exact) mass is 391 g/mol. The Hall–Kier alpha value is -2.03. The van der Waals surface area contributed by atoms with Gasteiger partial charge in [-0.25, -0.2) is 4.68 Å². The van der Waals surface area contributed by atoms with Crippen molar-refractivity contribution >= 4 is 23.2 Å². The number of para-hydroxylation sites is 1. The first-order valence-electron chi connectivity index (χ1n) is 9.40. The molecular formula is C18H26ClN7O. The molecule has 0 spiro atoms. The molecule has 2 aromatic rings. The number of halogens is 1. The topological polar surface area (TPSA) is 79.2 Å². The minimum absolute atomic E-state index is 0.0416. The van der Waals surface area contributed by atoms with Crippen molar-refractivity contribution in [1.82, 2.24) is 30.0 Å². The molecule has 1 aromatic heterocycles. The van der Waals surface area contributed by atoms with Crippen LogP contribution < -0.4 is 5.32 Å². The maximum atomic E-state index is 12.3. The molecule has 1 aromatic carbocycles. The fourth-order valence-corrected chi connectivity index (χ4v) is 3.26. The number of benzene rings is 1. The summed E-state index contributed by atoms with van der Waals surface area (Å²) < 4.78 is 1.90. The lowest BCUT2D eigenvalue weighted by Gasteiger charge is -2.33. The van der Waals surface area contributed by atoms with Crippen molar-refractivity contribution in [3.05, 3.63) is 35.1 Å². The van der Waals surface area contributed by atoms with Gasteiger partial charge in [-0.05, 0) is 29.0 Å². The molecule has 1 aliphatic rings. The van der Waals surface area contributed by atoms with E-state index in [0.717, 1.165) is 57.9 Å². The highest BCUT2D eigenvalue weighted by Gasteiger charge is 2.21. The van der Waals surface area contributed by atoms with Gasteiger partial charge < -0.3 is 5.32 Å². The van der Waals surface area contributed by atoms with Gasteiger partial charge in [0.25, 0.3) is 0 Å². The number of tetrazole rings is 1. The molecule has 0 radical (unpaired) electrons. The highest BCUT2D eigenvalue weighted by Crippen LogP contribution is 2.20. The minimum atomic E-state index is -0.0416. The molecule has 27 heavy (non-hydrogen) atoms. The van der Waals surface area contributed by atoms with Crippen LogP contribution in [0.25, 0.3) is 0 Å². The van der Waals surface area contributed by atoms with Crippen LogP contribution in [0.2, 0.25) is 5.02 Å². The van der Waals surface area contributed by atoms with Gasteiger partial charge in [0, 0.05) is 32.7 Å². The molecule has 0 atom stereocenters. The van der Waals surface area contributed by atoms with Crippen LogP contribution in [0.3, 0.4) is 0 Å². The third-order valence-electron chi connectivity index (χ3n) is 4.67. The van der Waals surface area contributed by atoms with E-state index in [1.165, 1.54) is 0 Å². The number of aromatic nitrogens is 4. The number of carbonyl (C=O) groups is 1. The summed E-state index contributed by atoms with van der Waals surface area (Å²) in [5, 5.41) is 15.5. The molecule has 0 aliphatic carbocycles. The summed E-state index contributed by atoms with van der Waals surface area (Å²) in [7, 11) is 0. The molecular weight excluding hydrogens is 366 g/mol. The summed E-state index contributed by atoms with van der Waals surface area (Å²) in [4.78, 5) is 16.7. The van der Waals surface area contributed by atoms with Crippen LogP contribution in [0.1, 0.15) is 25.6 Å². The van der Waals surface area contributed by atoms with E-state index in [4.69, 9.17) is 11.6 Å². The second-order valence-corrected chi connectivity index (χ2v) is 7.16. The number of nitrogens with one attached hydrogen (secondary N) is 1. The second kappa shape index (κ2) is 9.77. The number of anilines is 1. The van der Waals surface area contributed by atoms with Gasteiger partial charge in [-0.2, -0.15) is 0 Å². The first-order valence-corrected chi connectivity index (χ1v) is 9.77. The molecule has 9 heteroatoms. The Morgan fingerprint density at radius 3 is 2.67 bits per heavy atom. The molecule has 146 valence electrons. The maximum Gasteiger partial charge on any atom is 0.238 e. The summed E-state index contributed by atoms with van der Waals surface area (Å²) in [5.41, 5.74) is 0.654. The van der Waals surface area contributed by atoms with E-state index in [0.29, 0.717) is 17.3 Å². The van der Waals surface area contributed by atoms with E-state index in [9.17, 15) is 4.79 Å². The molecule has 0 saturated carbocycles. The number of aryl methyl sites for hydroxylation is 1. The Bertz CT molecular complexity index is 743. The van der Waals surface area contributed by atoms with Crippen molar-refractivity contribution in [2.45, 2.75) is 32.9 Å².